The molecule has 1 aliphatic heterocycles. The van der Waals surface area contributed by atoms with Crippen LogP contribution in [0.15, 0.2) is 30.5 Å². The molecule has 4 heteroatoms. The highest BCUT2D eigenvalue weighted by Crippen LogP contribution is 2.39. The molecule has 0 bridgehead atoms. The van der Waals surface area contributed by atoms with Crippen LogP contribution in [-0.4, -0.2) is 17.7 Å². The molecule has 1 aliphatic carbocycles. The van der Waals surface area contributed by atoms with E-state index in [1.165, 1.54) is 6.42 Å². The molecule has 0 spiro atoms. The molecule has 2 nitrogen and oxygen atoms in total. The summed E-state index contributed by atoms with van der Waals surface area (Å²) in [4.78, 5) is 4.58. The number of aromatic nitrogens is 1. The van der Waals surface area contributed by atoms with Gasteiger partial charge in [-0.05, 0) is 68.4 Å². The summed E-state index contributed by atoms with van der Waals surface area (Å²) in [6, 6.07) is 7.34. The van der Waals surface area contributed by atoms with Gasteiger partial charge in [-0.1, -0.05) is 44.9 Å². The Morgan fingerprint density at radius 2 is 1.68 bits per heavy atom. The van der Waals surface area contributed by atoms with Gasteiger partial charge in [0.25, 0.3) is 0 Å². The Labute approximate surface area is 185 Å². The van der Waals surface area contributed by atoms with E-state index >= 15 is 0 Å². The molecule has 2 aliphatic rings. The third-order valence-corrected chi connectivity index (χ3v) is 7.47. The van der Waals surface area contributed by atoms with Crippen molar-refractivity contribution in [2.45, 2.75) is 89.6 Å². The Hall–Kier alpha value is -1.81. The summed E-state index contributed by atoms with van der Waals surface area (Å²) in [5.74, 6) is -0.267. The first-order chi connectivity index (χ1) is 15.1. The average Bonchev–Trinajstić information content (AvgIpc) is 2.82. The fraction of sp³-hybridized carbons (Fsp3) is 0.593. The molecule has 1 aromatic carbocycles. The van der Waals surface area contributed by atoms with Crippen LogP contribution in [0.2, 0.25) is 0 Å². The first-order valence-corrected chi connectivity index (χ1v) is 12.2. The molecule has 0 amide bonds. The molecule has 2 unspecified atom stereocenters. The summed E-state index contributed by atoms with van der Waals surface area (Å²) in [7, 11) is 0. The van der Waals surface area contributed by atoms with Gasteiger partial charge in [-0.15, -0.1) is 0 Å². The summed E-state index contributed by atoms with van der Waals surface area (Å²) >= 11 is 0. The summed E-state index contributed by atoms with van der Waals surface area (Å²) in [6.45, 7) is 5.08. The van der Waals surface area contributed by atoms with Crippen molar-refractivity contribution in [3.63, 3.8) is 0 Å². The second-order valence-corrected chi connectivity index (χ2v) is 9.45. The lowest BCUT2D eigenvalue weighted by Crippen LogP contribution is -2.25. The van der Waals surface area contributed by atoms with Gasteiger partial charge in [-0.2, -0.15) is 0 Å². The van der Waals surface area contributed by atoms with Crippen molar-refractivity contribution in [2.75, 3.05) is 6.61 Å². The minimum Gasteiger partial charge on any atom is -0.378 e. The van der Waals surface area contributed by atoms with Crippen LogP contribution in [0.5, 0.6) is 0 Å². The number of benzene rings is 1. The first kappa shape index (κ1) is 22.4. The number of rotatable bonds is 6. The number of ether oxygens (including phenoxy) is 1. The smallest absolute Gasteiger partial charge is 0.166 e. The van der Waals surface area contributed by atoms with E-state index in [-0.39, 0.29) is 11.8 Å². The van der Waals surface area contributed by atoms with Crippen molar-refractivity contribution in [1.82, 2.24) is 4.98 Å². The van der Waals surface area contributed by atoms with Crippen LogP contribution in [-0.2, 0) is 4.74 Å². The van der Waals surface area contributed by atoms with Crippen molar-refractivity contribution in [1.29, 1.82) is 0 Å². The summed E-state index contributed by atoms with van der Waals surface area (Å²) in [5, 5.41) is 0. The predicted molar refractivity (Wildman–Crippen MR) is 121 cm³/mol. The van der Waals surface area contributed by atoms with Gasteiger partial charge in [-0.3, -0.25) is 4.98 Å². The van der Waals surface area contributed by atoms with Crippen LogP contribution in [0, 0.1) is 17.6 Å². The predicted octanol–water partition coefficient (Wildman–Crippen LogP) is 7.77. The second-order valence-electron chi connectivity index (χ2n) is 9.45. The normalized spacial score (nSPS) is 26.7. The molecule has 2 heterocycles. The molecule has 0 N–H and O–H groups in total. The highest BCUT2D eigenvalue weighted by molar-refractivity contribution is 5.64. The van der Waals surface area contributed by atoms with Gasteiger partial charge >= 0.3 is 0 Å². The van der Waals surface area contributed by atoms with Gasteiger partial charge in [-0.25, -0.2) is 8.78 Å². The van der Waals surface area contributed by atoms with Crippen LogP contribution in [0.25, 0.3) is 11.1 Å². The zero-order valence-electron chi connectivity index (χ0n) is 18.9. The first-order valence-electron chi connectivity index (χ1n) is 12.2. The zero-order chi connectivity index (χ0) is 21.8. The van der Waals surface area contributed by atoms with E-state index in [0.717, 1.165) is 63.0 Å². The zero-order valence-corrected chi connectivity index (χ0v) is 18.9. The van der Waals surface area contributed by atoms with E-state index in [1.807, 2.05) is 12.1 Å². The Balaban J connectivity index is 1.45. The van der Waals surface area contributed by atoms with Gasteiger partial charge in [0.05, 0.1) is 12.7 Å². The van der Waals surface area contributed by atoms with Crippen LogP contribution in [0.1, 0.15) is 94.7 Å². The number of hydrogen-bond acceptors (Lipinski definition) is 2. The van der Waals surface area contributed by atoms with E-state index in [0.29, 0.717) is 29.4 Å². The molecule has 2 aromatic rings. The van der Waals surface area contributed by atoms with Crippen molar-refractivity contribution in [3.05, 3.63) is 53.4 Å². The number of nitrogens with zero attached hydrogens (tertiary/aromatic N) is 1. The maximum Gasteiger partial charge on any atom is 0.166 e. The molecule has 2 atom stereocenters. The molecule has 31 heavy (non-hydrogen) atoms. The molecule has 4 rings (SSSR count). The molecular formula is C27H35F2NO. The molecule has 0 radical (unpaired) electrons. The van der Waals surface area contributed by atoms with Crippen LogP contribution in [0.3, 0.4) is 0 Å². The van der Waals surface area contributed by atoms with Gasteiger partial charge < -0.3 is 4.74 Å². The van der Waals surface area contributed by atoms with Crippen molar-refractivity contribution < 1.29 is 13.5 Å². The average molecular weight is 428 g/mol. The van der Waals surface area contributed by atoms with Gasteiger partial charge in [0.1, 0.15) is 0 Å². The van der Waals surface area contributed by atoms with Gasteiger partial charge in [0.2, 0.25) is 0 Å². The lowest BCUT2D eigenvalue weighted by Gasteiger charge is -2.29. The van der Waals surface area contributed by atoms with Crippen molar-refractivity contribution >= 4 is 0 Å². The lowest BCUT2D eigenvalue weighted by molar-refractivity contribution is -0.00185. The maximum absolute atomic E-state index is 15.0. The molecule has 2 fully saturated rings. The van der Waals surface area contributed by atoms with Gasteiger partial charge in [0.15, 0.2) is 11.6 Å². The maximum atomic E-state index is 15.0. The Bertz CT molecular complexity index is 850. The van der Waals surface area contributed by atoms with Crippen LogP contribution >= 0.6 is 0 Å². The van der Waals surface area contributed by atoms with E-state index in [2.05, 4.69) is 18.8 Å². The SMILES string of the molecule is CCCC1CCC(c2ccc(-c3ccc(C4CCC(CC)CC4)c(F)c3F)cn2)CO1. The van der Waals surface area contributed by atoms with E-state index in [4.69, 9.17) is 4.74 Å². The molecule has 1 aromatic heterocycles. The minimum absolute atomic E-state index is 0.134. The largest absolute Gasteiger partial charge is 0.378 e. The third kappa shape index (κ3) is 5.00. The fourth-order valence-corrected chi connectivity index (χ4v) is 5.38. The molecule has 1 saturated carbocycles. The van der Waals surface area contributed by atoms with Crippen molar-refractivity contribution in [3.8, 4) is 11.1 Å². The Morgan fingerprint density at radius 1 is 0.903 bits per heavy atom. The summed E-state index contributed by atoms with van der Waals surface area (Å²) in [5.41, 5.74) is 2.44. The topological polar surface area (TPSA) is 22.1 Å². The van der Waals surface area contributed by atoms with Crippen LogP contribution < -0.4 is 0 Å². The Kier molecular flexibility index (Phi) is 7.37. The quantitative estimate of drug-likeness (QED) is 0.470. The highest BCUT2D eigenvalue weighted by Gasteiger charge is 2.26. The second kappa shape index (κ2) is 10.2. The lowest BCUT2D eigenvalue weighted by atomic mass is 9.77. The molecular weight excluding hydrogens is 392 g/mol. The van der Waals surface area contributed by atoms with Crippen LogP contribution in [0.4, 0.5) is 8.78 Å². The summed E-state index contributed by atoms with van der Waals surface area (Å²) < 4.78 is 35.9. The minimum atomic E-state index is -0.743. The van der Waals surface area contributed by atoms with Crippen molar-refractivity contribution in [2.24, 2.45) is 5.92 Å². The highest BCUT2D eigenvalue weighted by atomic mass is 19.2. The number of pyridine rings is 1. The van der Waals surface area contributed by atoms with E-state index in [1.54, 1.807) is 18.3 Å². The summed E-state index contributed by atoms with van der Waals surface area (Å²) in [6.07, 6.45) is 11.7. The number of hydrogen-bond donors (Lipinski definition) is 0. The van der Waals surface area contributed by atoms with Gasteiger partial charge in [0, 0.05) is 28.9 Å². The molecule has 168 valence electrons. The van der Waals surface area contributed by atoms with E-state index in [9.17, 15) is 8.78 Å². The fourth-order valence-electron chi connectivity index (χ4n) is 5.38. The molecule has 1 saturated heterocycles. The standard InChI is InChI=1S/C27H35F2NO/c1-3-5-22-12-10-21(17-31-22)25-15-11-20(16-30-25)24-14-13-23(26(28)27(24)29)19-8-6-18(4-2)7-9-19/h11,13-16,18-19,21-22H,3-10,12,17H2,1-2H3. The van der Waals surface area contributed by atoms with E-state index < -0.39 is 11.6 Å². The third-order valence-electron chi connectivity index (χ3n) is 7.47. The Morgan fingerprint density at radius 3 is 2.29 bits per heavy atom. The number of halogens is 2. The monoisotopic (exact) mass is 427 g/mol.